The molecule has 0 bridgehead atoms. The van der Waals surface area contributed by atoms with Crippen molar-refractivity contribution >= 4 is 0 Å². The predicted octanol–water partition coefficient (Wildman–Crippen LogP) is 5.81. The first kappa shape index (κ1) is 17.1. The fourth-order valence-electron chi connectivity index (χ4n) is 2.92. The molecule has 1 aromatic rings. The number of aryl methyl sites for hydroxylation is 1. The van der Waals surface area contributed by atoms with Crippen molar-refractivity contribution in [1.29, 1.82) is 0 Å². The molecule has 1 nitrogen and oxygen atoms in total. The Balaban J connectivity index is 2.91. The summed E-state index contributed by atoms with van der Waals surface area (Å²) in [5.74, 6) is 0.512. The monoisotopic (exact) mass is 276 g/mol. The van der Waals surface area contributed by atoms with E-state index >= 15 is 0 Å². The van der Waals surface area contributed by atoms with E-state index in [2.05, 4.69) is 26.8 Å². The van der Waals surface area contributed by atoms with Crippen molar-refractivity contribution in [2.24, 2.45) is 0 Å². The topological polar surface area (TPSA) is 20.2 Å². The average Bonchev–Trinajstić information content (AvgIpc) is 2.45. The van der Waals surface area contributed by atoms with Crippen LogP contribution in [0.5, 0.6) is 5.75 Å². The van der Waals surface area contributed by atoms with Crippen LogP contribution in [0.15, 0.2) is 12.1 Å². The molecular formula is C19H32O. The summed E-state index contributed by atoms with van der Waals surface area (Å²) in [5.41, 5.74) is 4.16. The summed E-state index contributed by atoms with van der Waals surface area (Å²) in [6.07, 6.45) is 12.1. The van der Waals surface area contributed by atoms with Crippen LogP contribution in [-0.4, -0.2) is 5.11 Å². The van der Waals surface area contributed by atoms with Crippen molar-refractivity contribution in [3.63, 3.8) is 0 Å². The summed E-state index contributed by atoms with van der Waals surface area (Å²) >= 11 is 0. The van der Waals surface area contributed by atoms with Crippen molar-refractivity contribution in [3.05, 3.63) is 28.8 Å². The van der Waals surface area contributed by atoms with Crippen LogP contribution in [0.3, 0.4) is 0 Å². The van der Waals surface area contributed by atoms with Crippen molar-refractivity contribution < 1.29 is 5.11 Å². The summed E-state index contributed by atoms with van der Waals surface area (Å²) in [4.78, 5) is 0. The second-order valence-electron chi connectivity index (χ2n) is 5.87. The number of hydrogen-bond acceptors (Lipinski definition) is 1. The summed E-state index contributed by atoms with van der Waals surface area (Å²) in [6.45, 7) is 6.69. The fraction of sp³-hybridized carbons (Fsp3) is 0.684. The molecule has 1 N–H and O–H groups in total. The normalized spacial score (nSPS) is 10.9. The van der Waals surface area contributed by atoms with Crippen LogP contribution in [0.2, 0.25) is 0 Å². The highest BCUT2D eigenvalue weighted by Crippen LogP contribution is 2.29. The molecule has 0 heterocycles. The number of phenols is 1. The van der Waals surface area contributed by atoms with Gasteiger partial charge < -0.3 is 5.11 Å². The highest BCUT2D eigenvalue weighted by atomic mass is 16.3. The van der Waals surface area contributed by atoms with Crippen LogP contribution in [0.25, 0.3) is 0 Å². The standard InChI is InChI=1S/C19H32O/c1-4-7-9-12-16-14-15-19(20)18(11-6-3)17(16)13-10-8-5-2/h14-15,20H,4-13H2,1-3H3. The first-order chi connectivity index (χ1) is 9.74. The number of unbranched alkanes of at least 4 members (excludes halogenated alkanes) is 4. The maximum absolute atomic E-state index is 10.2. The first-order valence-electron chi connectivity index (χ1n) is 8.57. The van der Waals surface area contributed by atoms with Crippen molar-refractivity contribution in [1.82, 2.24) is 0 Å². The quantitative estimate of drug-likeness (QED) is 0.535. The van der Waals surface area contributed by atoms with Gasteiger partial charge in [-0.1, -0.05) is 58.9 Å². The second-order valence-corrected chi connectivity index (χ2v) is 5.87. The molecule has 0 aliphatic rings. The van der Waals surface area contributed by atoms with E-state index in [1.165, 1.54) is 61.6 Å². The van der Waals surface area contributed by atoms with Gasteiger partial charge in [-0.25, -0.2) is 0 Å². The van der Waals surface area contributed by atoms with Gasteiger partial charge in [0.05, 0.1) is 0 Å². The lowest BCUT2D eigenvalue weighted by Gasteiger charge is -2.16. The van der Waals surface area contributed by atoms with E-state index in [0.717, 1.165) is 19.3 Å². The van der Waals surface area contributed by atoms with Gasteiger partial charge in [-0.3, -0.25) is 0 Å². The molecule has 0 atom stereocenters. The minimum Gasteiger partial charge on any atom is -0.508 e. The maximum Gasteiger partial charge on any atom is 0.119 e. The molecule has 0 aliphatic carbocycles. The molecular weight excluding hydrogens is 244 g/mol. The minimum absolute atomic E-state index is 0.512. The average molecular weight is 276 g/mol. The van der Waals surface area contributed by atoms with E-state index < -0.39 is 0 Å². The molecule has 0 aromatic heterocycles. The van der Waals surface area contributed by atoms with Gasteiger partial charge in [0.2, 0.25) is 0 Å². The number of hydrogen-bond donors (Lipinski definition) is 1. The third-order valence-electron chi connectivity index (χ3n) is 4.08. The Labute approximate surface area is 125 Å². The maximum atomic E-state index is 10.2. The van der Waals surface area contributed by atoms with Gasteiger partial charge in [0.15, 0.2) is 0 Å². The van der Waals surface area contributed by atoms with Gasteiger partial charge in [-0.05, 0) is 54.9 Å². The molecule has 114 valence electrons. The molecule has 0 saturated heterocycles. The fourth-order valence-corrected chi connectivity index (χ4v) is 2.92. The van der Waals surface area contributed by atoms with Gasteiger partial charge in [0.25, 0.3) is 0 Å². The molecule has 20 heavy (non-hydrogen) atoms. The first-order valence-corrected chi connectivity index (χ1v) is 8.57. The predicted molar refractivity (Wildman–Crippen MR) is 88.6 cm³/mol. The third-order valence-corrected chi connectivity index (χ3v) is 4.08. The molecule has 1 heteroatoms. The lowest BCUT2D eigenvalue weighted by atomic mass is 9.90. The van der Waals surface area contributed by atoms with E-state index in [9.17, 15) is 5.11 Å². The molecule has 0 unspecified atom stereocenters. The zero-order valence-corrected chi connectivity index (χ0v) is 13.7. The SMILES string of the molecule is CCCCCc1ccc(O)c(CCC)c1CCCCC. The van der Waals surface area contributed by atoms with Crippen molar-refractivity contribution in [2.75, 3.05) is 0 Å². The Hall–Kier alpha value is -0.980. The Morgan fingerprint density at radius 1 is 0.700 bits per heavy atom. The lowest BCUT2D eigenvalue weighted by molar-refractivity contribution is 0.465. The van der Waals surface area contributed by atoms with Gasteiger partial charge >= 0.3 is 0 Å². The van der Waals surface area contributed by atoms with Gasteiger partial charge in [0, 0.05) is 0 Å². The molecule has 0 saturated carbocycles. The van der Waals surface area contributed by atoms with E-state index in [0.29, 0.717) is 5.75 Å². The van der Waals surface area contributed by atoms with Crippen LogP contribution >= 0.6 is 0 Å². The van der Waals surface area contributed by atoms with E-state index in [-0.39, 0.29) is 0 Å². The minimum atomic E-state index is 0.512. The highest BCUT2D eigenvalue weighted by molar-refractivity contribution is 5.45. The van der Waals surface area contributed by atoms with Crippen LogP contribution in [0.4, 0.5) is 0 Å². The molecule has 0 fully saturated rings. The summed E-state index contributed by atoms with van der Waals surface area (Å²) in [5, 5.41) is 10.2. The number of aromatic hydroxyl groups is 1. The Morgan fingerprint density at radius 3 is 1.95 bits per heavy atom. The van der Waals surface area contributed by atoms with Crippen LogP contribution in [0.1, 0.15) is 82.4 Å². The van der Waals surface area contributed by atoms with Gasteiger partial charge in [0.1, 0.15) is 5.75 Å². The number of benzene rings is 1. The van der Waals surface area contributed by atoms with Crippen molar-refractivity contribution in [3.8, 4) is 5.75 Å². The third kappa shape index (κ3) is 5.19. The van der Waals surface area contributed by atoms with E-state index in [1.807, 2.05) is 6.07 Å². The zero-order valence-electron chi connectivity index (χ0n) is 13.7. The zero-order chi connectivity index (χ0) is 14.8. The summed E-state index contributed by atoms with van der Waals surface area (Å²) < 4.78 is 0. The molecule has 1 aromatic carbocycles. The summed E-state index contributed by atoms with van der Waals surface area (Å²) in [6, 6.07) is 4.07. The summed E-state index contributed by atoms with van der Waals surface area (Å²) in [7, 11) is 0. The number of rotatable bonds is 10. The van der Waals surface area contributed by atoms with Crippen molar-refractivity contribution in [2.45, 2.75) is 85.0 Å². The van der Waals surface area contributed by atoms with E-state index in [4.69, 9.17) is 0 Å². The molecule has 0 aliphatic heterocycles. The molecule has 0 radical (unpaired) electrons. The Kier molecular flexibility index (Phi) is 8.41. The molecule has 1 rings (SSSR count). The van der Waals surface area contributed by atoms with Crippen LogP contribution in [0, 0.1) is 0 Å². The largest absolute Gasteiger partial charge is 0.508 e. The lowest BCUT2D eigenvalue weighted by Crippen LogP contribution is -2.02. The Bertz CT molecular complexity index is 382. The molecule has 0 amide bonds. The molecule has 0 spiro atoms. The van der Waals surface area contributed by atoms with Gasteiger partial charge in [-0.2, -0.15) is 0 Å². The second kappa shape index (κ2) is 9.85. The van der Waals surface area contributed by atoms with E-state index in [1.54, 1.807) is 0 Å². The smallest absolute Gasteiger partial charge is 0.119 e. The number of phenolic OH excluding ortho intramolecular Hbond substituents is 1. The van der Waals surface area contributed by atoms with Crippen LogP contribution < -0.4 is 0 Å². The Morgan fingerprint density at radius 2 is 1.35 bits per heavy atom. The van der Waals surface area contributed by atoms with Crippen LogP contribution in [-0.2, 0) is 19.3 Å². The highest BCUT2D eigenvalue weighted by Gasteiger charge is 2.12. The van der Waals surface area contributed by atoms with Gasteiger partial charge in [-0.15, -0.1) is 0 Å².